The third kappa shape index (κ3) is 3.14. The standard InChI is InChI=1S/C17H25NO2/c1-4-15-8-6-7-11-18(15)17(19)14-9-10-16(20-5-2)13(3)12-14/h9-10,12,15H,4-8,11H2,1-3H3. The van der Waals surface area contributed by atoms with Crippen molar-refractivity contribution in [2.75, 3.05) is 13.2 Å². The maximum absolute atomic E-state index is 12.7. The van der Waals surface area contributed by atoms with Crippen LogP contribution in [-0.4, -0.2) is 30.0 Å². The largest absolute Gasteiger partial charge is 0.494 e. The van der Waals surface area contributed by atoms with E-state index in [9.17, 15) is 4.79 Å². The fourth-order valence-electron chi connectivity index (χ4n) is 2.96. The highest BCUT2D eigenvalue weighted by Crippen LogP contribution is 2.24. The van der Waals surface area contributed by atoms with E-state index in [2.05, 4.69) is 11.8 Å². The van der Waals surface area contributed by atoms with Gasteiger partial charge < -0.3 is 9.64 Å². The zero-order valence-electron chi connectivity index (χ0n) is 12.8. The van der Waals surface area contributed by atoms with Crippen molar-refractivity contribution < 1.29 is 9.53 Å². The minimum absolute atomic E-state index is 0.169. The van der Waals surface area contributed by atoms with Gasteiger partial charge in [0.05, 0.1) is 6.61 Å². The first-order valence-electron chi connectivity index (χ1n) is 7.71. The Morgan fingerprint density at radius 1 is 1.35 bits per heavy atom. The van der Waals surface area contributed by atoms with Crippen LogP contribution >= 0.6 is 0 Å². The zero-order chi connectivity index (χ0) is 14.5. The summed E-state index contributed by atoms with van der Waals surface area (Å²) in [7, 11) is 0. The van der Waals surface area contributed by atoms with Crippen molar-refractivity contribution >= 4 is 5.91 Å². The molecule has 1 amide bonds. The minimum Gasteiger partial charge on any atom is -0.494 e. The Kier molecular flexibility index (Phi) is 5.05. The van der Waals surface area contributed by atoms with Crippen LogP contribution in [0, 0.1) is 6.92 Å². The van der Waals surface area contributed by atoms with E-state index in [4.69, 9.17) is 4.74 Å². The number of ether oxygens (including phenoxy) is 1. The first-order valence-corrected chi connectivity index (χ1v) is 7.71. The Labute approximate surface area is 121 Å². The van der Waals surface area contributed by atoms with Crippen LogP contribution in [0.25, 0.3) is 0 Å². The fraction of sp³-hybridized carbons (Fsp3) is 0.588. The van der Waals surface area contributed by atoms with Gasteiger partial charge in [0.15, 0.2) is 0 Å². The highest BCUT2D eigenvalue weighted by molar-refractivity contribution is 5.94. The van der Waals surface area contributed by atoms with Gasteiger partial charge >= 0.3 is 0 Å². The number of carbonyl (C=O) groups is 1. The number of rotatable bonds is 4. The Morgan fingerprint density at radius 3 is 2.80 bits per heavy atom. The Morgan fingerprint density at radius 2 is 2.15 bits per heavy atom. The van der Waals surface area contributed by atoms with Crippen molar-refractivity contribution in [1.29, 1.82) is 0 Å². The summed E-state index contributed by atoms with van der Waals surface area (Å²) < 4.78 is 5.53. The van der Waals surface area contributed by atoms with Crippen molar-refractivity contribution in [1.82, 2.24) is 4.90 Å². The van der Waals surface area contributed by atoms with E-state index in [0.717, 1.165) is 42.7 Å². The van der Waals surface area contributed by atoms with Gasteiger partial charge in [-0.3, -0.25) is 4.79 Å². The molecular weight excluding hydrogens is 250 g/mol. The summed E-state index contributed by atoms with van der Waals surface area (Å²) in [6, 6.07) is 6.16. The van der Waals surface area contributed by atoms with Gasteiger partial charge in [0, 0.05) is 18.2 Å². The molecule has 0 aromatic heterocycles. The number of nitrogens with zero attached hydrogens (tertiary/aromatic N) is 1. The van der Waals surface area contributed by atoms with Crippen LogP contribution in [0.2, 0.25) is 0 Å². The summed E-state index contributed by atoms with van der Waals surface area (Å²) in [6.07, 6.45) is 4.54. The van der Waals surface area contributed by atoms with Gasteiger partial charge in [-0.2, -0.15) is 0 Å². The molecule has 0 spiro atoms. The lowest BCUT2D eigenvalue weighted by Crippen LogP contribution is -2.43. The summed E-state index contributed by atoms with van der Waals surface area (Å²) >= 11 is 0. The third-order valence-electron chi connectivity index (χ3n) is 4.08. The van der Waals surface area contributed by atoms with E-state index in [1.54, 1.807) is 0 Å². The van der Waals surface area contributed by atoms with Gasteiger partial charge in [0.25, 0.3) is 5.91 Å². The first kappa shape index (κ1) is 14.9. The second-order valence-electron chi connectivity index (χ2n) is 5.47. The van der Waals surface area contributed by atoms with E-state index in [1.165, 1.54) is 6.42 Å². The molecule has 0 N–H and O–H groups in total. The molecule has 1 saturated heterocycles. The summed E-state index contributed by atoms with van der Waals surface area (Å²) in [6.45, 7) is 7.68. The molecule has 1 aromatic carbocycles. The van der Waals surface area contributed by atoms with Gasteiger partial charge in [0.2, 0.25) is 0 Å². The van der Waals surface area contributed by atoms with Gasteiger partial charge in [0.1, 0.15) is 5.75 Å². The third-order valence-corrected chi connectivity index (χ3v) is 4.08. The van der Waals surface area contributed by atoms with Gasteiger partial charge in [-0.25, -0.2) is 0 Å². The maximum Gasteiger partial charge on any atom is 0.254 e. The molecule has 1 aliphatic rings. The second kappa shape index (κ2) is 6.78. The van der Waals surface area contributed by atoms with Crippen LogP contribution in [0.1, 0.15) is 55.5 Å². The Hall–Kier alpha value is -1.51. The average molecular weight is 275 g/mol. The monoisotopic (exact) mass is 275 g/mol. The van der Waals surface area contributed by atoms with Gasteiger partial charge in [-0.05, 0) is 63.3 Å². The molecule has 0 radical (unpaired) electrons. The number of amides is 1. The highest BCUT2D eigenvalue weighted by atomic mass is 16.5. The predicted molar refractivity (Wildman–Crippen MR) is 81.3 cm³/mol. The van der Waals surface area contributed by atoms with Gasteiger partial charge in [-0.15, -0.1) is 0 Å². The highest BCUT2D eigenvalue weighted by Gasteiger charge is 2.26. The molecule has 20 heavy (non-hydrogen) atoms. The maximum atomic E-state index is 12.7. The molecule has 3 heteroatoms. The number of piperidine rings is 1. The molecule has 110 valence electrons. The first-order chi connectivity index (χ1) is 9.67. The van der Waals surface area contributed by atoms with Crippen LogP contribution in [0.3, 0.4) is 0 Å². The van der Waals surface area contributed by atoms with Gasteiger partial charge in [-0.1, -0.05) is 6.92 Å². The SMILES string of the molecule is CCOc1ccc(C(=O)N2CCCCC2CC)cc1C. The smallest absolute Gasteiger partial charge is 0.254 e. The quantitative estimate of drug-likeness (QED) is 0.836. The fourth-order valence-corrected chi connectivity index (χ4v) is 2.96. The second-order valence-corrected chi connectivity index (χ2v) is 5.47. The van der Waals surface area contributed by atoms with Crippen LogP contribution in [0.15, 0.2) is 18.2 Å². The molecule has 2 rings (SSSR count). The molecule has 1 atom stereocenters. The van der Waals surface area contributed by atoms with E-state index >= 15 is 0 Å². The number of hydrogen-bond acceptors (Lipinski definition) is 2. The minimum atomic E-state index is 0.169. The molecule has 0 bridgehead atoms. The number of benzene rings is 1. The van der Waals surface area contributed by atoms with E-state index in [0.29, 0.717) is 12.6 Å². The molecule has 1 heterocycles. The molecule has 1 fully saturated rings. The lowest BCUT2D eigenvalue weighted by atomic mass is 9.98. The van der Waals surface area contributed by atoms with Crippen molar-refractivity contribution in [3.05, 3.63) is 29.3 Å². The lowest BCUT2D eigenvalue weighted by Gasteiger charge is -2.35. The van der Waals surface area contributed by atoms with Crippen molar-refractivity contribution in [2.45, 2.75) is 52.5 Å². The van der Waals surface area contributed by atoms with E-state index < -0.39 is 0 Å². The molecule has 3 nitrogen and oxygen atoms in total. The topological polar surface area (TPSA) is 29.5 Å². The number of likely N-dealkylation sites (tertiary alicyclic amines) is 1. The summed E-state index contributed by atoms with van der Waals surface area (Å²) in [4.78, 5) is 14.7. The van der Waals surface area contributed by atoms with Crippen LogP contribution in [0.5, 0.6) is 5.75 Å². The van der Waals surface area contributed by atoms with E-state index in [1.807, 2.05) is 32.0 Å². The normalized spacial score (nSPS) is 18.9. The average Bonchev–Trinajstić information content (AvgIpc) is 2.48. The number of aryl methyl sites for hydroxylation is 1. The lowest BCUT2D eigenvalue weighted by molar-refractivity contribution is 0.0608. The molecule has 0 saturated carbocycles. The summed E-state index contributed by atoms with van der Waals surface area (Å²) in [5, 5.41) is 0. The molecule has 0 aliphatic carbocycles. The zero-order valence-corrected chi connectivity index (χ0v) is 12.8. The Balaban J connectivity index is 2.17. The van der Waals surface area contributed by atoms with Crippen molar-refractivity contribution in [2.24, 2.45) is 0 Å². The number of carbonyl (C=O) groups excluding carboxylic acids is 1. The number of hydrogen-bond donors (Lipinski definition) is 0. The molecule has 1 aliphatic heterocycles. The van der Waals surface area contributed by atoms with E-state index in [-0.39, 0.29) is 5.91 Å². The van der Waals surface area contributed by atoms with Crippen molar-refractivity contribution in [3.63, 3.8) is 0 Å². The molecular formula is C17H25NO2. The molecule has 1 unspecified atom stereocenters. The Bertz CT molecular complexity index is 470. The van der Waals surface area contributed by atoms with Crippen LogP contribution < -0.4 is 4.74 Å². The van der Waals surface area contributed by atoms with Crippen LogP contribution in [-0.2, 0) is 0 Å². The summed E-state index contributed by atoms with van der Waals surface area (Å²) in [5.41, 5.74) is 1.81. The summed E-state index contributed by atoms with van der Waals surface area (Å²) in [5.74, 6) is 1.04. The van der Waals surface area contributed by atoms with Crippen molar-refractivity contribution in [3.8, 4) is 5.75 Å². The van der Waals surface area contributed by atoms with Crippen LogP contribution in [0.4, 0.5) is 0 Å². The molecule has 1 aromatic rings. The predicted octanol–water partition coefficient (Wildman–Crippen LogP) is 3.80.